The molecule has 1 N–H and O–H groups in total. The van der Waals surface area contributed by atoms with Crippen LogP contribution in [0.4, 0.5) is 0 Å². The van der Waals surface area contributed by atoms with Crippen molar-refractivity contribution in [2.24, 2.45) is 0 Å². The SMILES string of the molecule is CC(=O)C=C(C)O.[Ir].[c-]1cc(-c2ccc3ccccc3n2)ccc1-c1ccc2ccccc2n1. The van der Waals surface area contributed by atoms with E-state index < -0.39 is 0 Å². The van der Waals surface area contributed by atoms with Crippen LogP contribution in [0.1, 0.15) is 13.8 Å². The number of carbonyl (C=O) groups is 1. The van der Waals surface area contributed by atoms with Gasteiger partial charge in [0.2, 0.25) is 0 Å². The van der Waals surface area contributed by atoms with Gasteiger partial charge in [-0.05, 0) is 43.1 Å². The van der Waals surface area contributed by atoms with Crippen molar-refractivity contribution in [2.75, 3.05) is 0 Å². The summed E-state index contributed by atoms with van der Waals surface area (Å²) in [6, 6.07) is 34.1. The predicted molar refractivity (Wildman–Crippen MR) is 134 cm³/mol. The van der Waals surface area contributed by atoms with Crippen LogP contribution < -0.4 is 0 Å². The van der Waals surface area contributed by atoms with E-state index in [1.807, 2.05) is 48.5 Å². The maximum absolute atomic E-state index is 10.0. The Morgan fingerprint density at radius 3 is 1.82 bits per heavy atom. The number of ketones is 1. The van der Waals surface area contributed by atoms with E-state index in [0.29, 0.717) is 0 Å². The number of aliphatic hydroxyl groups excluding tert-OH is 1. The number of hydrogen-bond acceptors (Lipinski definition) is 4. The van der Waals surface area contributed by atoms with E-state index in [4.69, 9.17) is 15.1 Å². The van der Waals surface area contributed by atoms with E-state index in [9.17, 15) is 4.79 Å². The minimum Gasteiger partial charge on any atom is -0.512 e. The molecule has 5 rings (SSSR count). The third kappa shape index (κ3) is 6.22. The number of aromatic nitrogens is 2. The number of aliphatic hydroxyl groups is 1. The first-order valence-electron chi connectivity index (χ1n) is 10.6. The fourth-order valence-corrected chi connectivity index (χ4v) is 3.48. The Kier molecular flexibility index (Phi) is 8.42. The molecule has 0 aliphatic carbocycles. The normalized spacial score (nSPS) is 10.8. The summed E-state index contributed by atoms with van der Waals surface area (Å²) in [5.74, 6) is -0.0625. The van der Waals surface area contributed by atoms with Gasteiger partial charge in [-0.25, -0.2) is 0 Å². The van der Waals surface area contributed by atoms with Gasteiger partial charge >= 0.3 is 0 Å². The third-order valence-electron chi connectivity index (χ3n) is 4.99. The van der Waals surface area contributed by atoms with Crippen LogP contribution in [0, 0.1) is 6.07 Å². The van der Waals surface area contributed by atoms with Gasteiger partial charge in [-0.1, -0.05) is 60.2 Å². The van der Waals surface area contributed by atoms with Crippen LogP contribution in [-0.4, -0.2) is 20.9 Å². The molecule has 0 spiro atoms. The molecule has 34 heavy (non-hydrogen) atoms. The maximum atomic E-state index is 10.0. The van der Waals surface area contributed by atoms with Gasteiger partial charge in [0.1, 0.15) is 0 Å². The smallest absolute Gasteiger partial charge is 0.155 e. The molecule has 0 aliphatic rings. The number of hydrogen-bond donors (Lipinski definition) is 1. The molecule has 0 saturated carbocycles. The Bertz CT molecular complexity index is 1360. The molecule has 0 amide bonds. The molecule has 4 nitrogen and oxygen atoms in total. The molecule has 5 heteroatoms. The zero-order valence-corrected chi connectivity index (χ0v) is 21.2. The number of fused-ring (bicyclic) bond motifs is 2. The summed E-state index contributed by atoms with van der Waals surface area (Å²) in [5.41, 5.74) is 5.93. The summed E-state index contributed by atoms with van der Waals surface area (Å²) >= 11 is 0. The topological polar surface area (TPSA) is 63.1 Å². The van der Waals surface area contributed by atoms with Crippen LogP contribution in [0.25, 0.3) is 44.3 Å². The fourth-order valence-electron chi connectivity index (χ4n) is 3.48. The van der Waals surface area contributed by atoms with Gasteiger partial charge in [0, 0.05) is 37.3 Å². The van der Waals surface area contributed by atoms with Crippen LogP contribution in [0.2, 0.25) is 0 Å². The summed E-state index contributed by atoms with van der Waals surface area (Å²) in [7, 11) is 0. The molecule has 0 fully saturated rings. The molecule has 0 saturated heterocycles. The summed E-state index contributed by atoms with van der Waals surface area (Å²) < 4.78 is 0. The first kappa shape index (κ1) is 25.0. The van der Waals surface area contributed by atoms with Crippen molar-refractivity contribution < 1.29 is 30.0 Å². The van der Waals surface area contributed by atoms with Crippen LogP contribution in [0.3, 0.4) is 0 Å². The monoisotopic (exact) mass is 624 g/mol. The van der Waals surface area contributed by atoms with Gasteiger partial charge in [-0.3, -0.25) is 14.8 Å². The number of allylic oxidation sites excluding steroid dienone is 2. The van der Waals surface area contributed by atoms with Crippen LogP contribution in [0.15, 0.2) is 103 Å². The number of benzene rings is 3. The molecular formula is C29H23IrN2O2-. The summed E-state index contributed by atoms with van der Waals surface area (Å²) in [6.07, 6.45) is 1.17. The molecule has 5 aromatic rings. The van der Waals surface area contributed by atoms with Crippen molar-refractivity contribution in [1.82, 2.24) is 9.97 Å². The Balaban J connectivity index is 0.000000357. The Labute approximate surface area is 212 Å². The number of rotatable bonds is 3. The van der Waals surface area contributed by atoms with Crippen molar-refractivity contribution in [2.45, 2.75) is 13.8 Å². The van der Waals surface area contributed by atoms with Crippen LogP contribution >= 0.6 is 0 Å². The molecule has 1 radical (unpaired) electrons. The average Bonchev–Trinajstić information content (AvgIpc) is 2.83. The molecular weight excluding hydrogens is 601 g/mol. The second-order valence-corrected chi connectivity index (χ2v) is 7.67. The van der Waals surface area contributed by atoms with Gasteiger partial charge < -0.3 is 5.11 Å². The summed E-state index contributed by atoms with van der Waals surface area (Å²) in [6.45, 7) is 2.85. The molecule has 2 heterocycles. The second-order valence-electron chi connectivity index (χ2n) is 7.67. The predicted octanol–water partition coefficient (Wildman–Crippen LogP) is 6.95. The number of carbonyl (C=O) groups excluding carboxylic acids is 1. The van der Waals surface area contributed by atoms with E-state index in [1.54, 1.807) is 0 Å². The first-order valence-corrected chi connectivity index (χ1v) is 10.6. The standard InChI is InChI=1S/C24H15N2.C5H8O2.Ir/c1-3-7-21-17(5-1)13-15-23(25-21)19-9-11-20(12-10-19)24-16-14-18-6-2-4-8-22(18)26-24;1-4(6)3-5(2)7;/h1-11,13-16H;3,6H,1-2H3;/q-1;;. The number of nitrogens with zero attached hydrogens (tertiary/aromatic N) is 2. The number of para-hydroxylation sites is 2. The van der Waals surface area contributed by atoms with Gasteiger partial charge in [0.05, 0.1) is 16.8 Å². The Hall–Kier alpha value is -3.66. The molecule has 2 aromatic heterocycles. The van der Waals surface area contributed by atoms with Crippen molar-refractivity contribution >= 4 is 27.6 Å². The molecule has 0 atom stereocenters. The van der Waals surface area contributed by atoms with E-state index >= 15 is 0 Å². The summed E-state index contributed by atoms with van der Waals surface area (Å²) in [4.78, 5) is 19.5. The van der Waals surface area contributed by atoms with E-state index in [0.717, 1.165) is 44.3 Å². The molecule has 171 valence electrons. The fraction of sp³-hybridized carbons (Fsp3) is 0.0690. The van der Waals surface area contributed by atoms with Crippen LogP contribution in [-0.2, 0) is 24.9 Å². The first-order chi connectivity index (χ1) is 16.0. The van der Waals surface area contributed by atoms with Crippen molar-refractivity contribution in [3.63, 3.8) is 0 Å². The molecule has 0 unspecified atom stereocenters. The quantitative estimate of drug-likeness (QED) is 0.134. The zero-order chi connectivity index (χ0) is 23.2. The minimum atomic E-state index is -0.125. The molecule has 0 bridgehead atoms. The minimum absolute atomic E-state index is 0. The van der Waals surface area contributed by atoms with Crippen molar-refractivity contribution in [3.8, 4) is 22.5 Å². The largest absolute Gasteiger partial charge is 0.512 e. The maximum Gasteiger partial charge on any atom is 0.155 e. The zero-order valence-electron chi connectivity index (χ0n) is 18.8. The van der Waals surface area contributed by atoms with E-state index in [2.05, 4.69) is 48.5 Å². The Morgan fingerprint density at radius 1 is 0.765 bits per heavy atom. The Morgan fingerprint density at radius 2 is 1.32 bits per heavy atom. The third-order valence-corrected chi connectivity index (χ3v) is 4.99. The average molecular weight is 624 g/mol. The van der Waals surface area contributed by atoms with Crippen molar-refractivity contribution in [3.05, 3.63) is 109 Å². The van der Waals surface area contributed by atoms with E-state index in [1.165, 1.54) is 19.9 Å². The van der Waals surface area contributed by atoms with E-state index in [-0.39, 0.29) is 31.6 Å². The number of pyridine rings is 2. The van der Waals surface area contributed by atoms with Crippen LogP contribution in [0.5, 0.6) is 0 Å². The van der Waals surface area contributed by atoms with Gasteiger partial charge in [-0.15, -0.1) is 29.8 Å². The second kappa shape index (κ2) is 11.5. The van der Waals surface area contributed by atoms with Crippen molar-refractivity contribution in [1.29, 1.82) is 0 Å². The van der Waals surface area contributed by atoms with Gasteiger partial charge in [0.25, 0.3) is 0 Å². The van der Waals surface area contributed by atoms with Gasteiger partial charge in [0.15, 0.2) is 5.78 Å². The molecule has 0 aliphatic heterocycles. The molecule has 3 aromatic carbocycles. The summed E-state index contributed by atoms with van der Waals surface area (Å²) in [5, 5.41) is 10.7. The van der Waals surface area contributed by atoms with Gasteiger partial charge in [-0.2, -0.15) is 0 Å².